The Morgan fingerprint density at radius 2 is 2.10 bits per heavy atom. The zero-order valence-corrected chi connectivity index (χ0v) is 11.3. The molecule has 20 heavy (non-hydrogen) atoms. The molecule has 6 heteroatoms. The molecule has 102 valence electrons. The highest BCUT2D eigenvalue weighted by Gasteiger charge is 2.24. The summed E-state index contributed by atoms with van der Waals surface area (Å²) in [7, 11) is 0. The fourth-order valence-corrected chi connectivity index (χ4v) is 2.38. The molecule has 0 radical (unpaired) electrons. The number of aromatic nitrogens is 2. The predicted molar refractivity (Wildman–Crippen MR) is 73.0 cm³/mol. The van der Waals surface area contributed by atoms with Crippen molar-refractivity contribution in [2.24, 2.45) is 0 Å². The van der Waals surface area contributed by atoms with Crippen LogP contribution < -0.4 is 4.90 Å². The van der Waals surface area contributed by atoms with Gasteiger partial charge in [0, 0.05) is 12.1 Å². The van der Waals surface area contributed by atoms with Crippen molar-refractivity contribution < 1.29 is 9.18 Å². The summed E-state index contributed by atoms with van der Waals surface area (Å²) < 4.78 is 13.2. The van der Waals surface area contributed by atoms with E-state index in [4.69, 9.17) is 11.6 Å². The summed E-state index contributed by atoms with van der Waals surface area (Å²) in [6, 6.07) is 4.46. The molecule has 1 aromatic heterocycles. The van der Waals surface area contributed by atoms with Crippen LogP contribution in [-0.4, -0.2) is 15.9 Å². The summed E-state index contributed by atoms with van der Waals surface area (Å²) in [5, 5.41) is 0.307. The van der Waals surface area contributed by atoms with E-state index < -0.39 is 0 Å². The highest BCUT2D eigenvalue weighted by Crippen LogP contribution is 2.29. The second-order valence-electron chi connectivity index (χ2n) is 4.58. The third-order valence-electron chi connectivity index (χ3n) is 3.24. The maximum Gasteiger partial charge on any atom is 0.227 e. The lowest BCUT2D eigenvalue weighted by molar-refractivity contribution is -0.119. The fraction of sp³-hybridized carbons (Fsp3) is 0.214. The zero-order valence-electron chi connectivity index (χ0n) is 10.5. The van der Waals surface area contributed by atoms with E-state index >= 15 is 0 Å². The summed E-state index contributed by atoms with van der Waals surface area (Å²) in [4.78, 5) is 21.8. The van der Waals surface area contributed by atoms with Crippen LogP contribution in [0.5, 0.6) is 0 Å². The maximum absolute atomic E-state index is 13.2. The van der Waals surface area contributed by atoms with E-state index in [1.807, 2.05) is 0 Å². The molecule has 0 bridgehead atoms. The minimum absolute atomic E-state index is 0.000795. The third-order valence-corrected chi connectivity index (χ3v) is 3.43. The largest absolute Gasteiger partial charge is 0.306 e. The first-order valence-electron chi connectivity index (χ1n) is 6.19. The first kappa shape index (κ1) is 13.0. The van der Waals surface area contributed by atoms with Crippen LogP contribution >= 0.6 is 11.6 Å². The Bertz CT molecular complexity index is 660. The molecule has 0 spiro atoms. The van der Waals surface area contributed by atoms with Gasteiger partial charge in [-0.25, -0.2) is 9.37 Å². The van der Waals surface area contributed by atoms with Gasteiger partial charge in [-0.05, 0) is 30.2 Å². The first-order valence-corrected chi connectivity index (χ1v) is 6.56. The lowest BCUT2D eigenvalue weighted by atomic mass is 10.0. The van der Waals surface area contributed by atoms with E-state index in [9.17, 15) is 9.18 Å². The molecule has 0 saturated heterocycles. The Kier molecular flexibility index (Phi) is 3.36. The summed E-state index contributed by atoms with van der Waals surface area (Å²) >= 11 is 5.69. The number of halogens is 2. The van der Waals surface area contributed by atoms with Crippen LogP contribution in [0.3, 0.4) is 0 Å². The number of nitrogens with zero attached hydrogens (tertiary/aromatic N) is 3. The molecule has 0 fully saturated rings. The van der Waals surface area contributed by atoms with E-state index in [0.717, 1.165) is 11.3 Å². The van der Waals surface area contributed by atoms with Gasteiger partial charge in [0.05, 0.1) is 24.6 Å². The normalized spacial score (nSPS) is 14.3. The van der Waals surface area contributed by atoms with Crippen LogP contribution in [0.25, 0.3) is 0 Å². The number of amides is 1. The minimum Gasteiger partial charge on any atom is -0.306 e. The monoisotopic (exact) mass is 291 g/mol. The average Bonchev–Trinajstić information content (AvgIpc) is 2.44. The summed E-state index contributed by atoms with van der Waals surface area (Å²) in [5.74, 6) is -0.287. The molecule has 2 heterocycles. The van der Waals surface area contributed by atoms with Crippen LogP contribution in [0.4, 0.5) is 10.1 Å². The minimum atomic E-state index is -0.288. The first-order chi connectivity index (χ1) is 9.63. The van der Waals surface area contributed by atoms with E-state index in [1.165, 1.54) is 24.5 Å². The molecular formula is C14H11ClFN3O. The van der Waals surface area contributed by atoms with Crippen molar-refractivity contribution in [3.63, 3.8) is 0 Å². The highest BCUT2D eigenvalue weighted by atomic mass is 35.5. The molecule has 0 saturated carbocycles. The number of carbonyl (C=O) groups is 1. The number of hydrogen-bond donors (Lipinski definition) is 0. The summed E-state index contributed by atoms with van der Waals surface area (Å²) in [6.07, 6.45) is 3.91. The van der Waals surface area contributed by atoms with E-state index in [2.05, 4.69) is 9.97 Å². The Morgan fingerprint density at radius 3 is 2.85 bits per heavy atom. The van der Waals surface area contributed by atoms with Gasteiger partial charge in [0.15, 0.2) is 0 Å². The smallest absolute Gasteiger partial charge is 0.227 e. The lowest BCUT2D eigenvalue weighted by Crippen LogP contribution is -2.34. The number of hydrogen-bond acceptors (Lipinski definition) is 3. The van der Waals surface area contributed by atoms with Gasteiger partial charge in [-0.15, -0.1) is 0 Å². The molecule has 0 N–H and O–H groups in total. The standard InChI is InChI=1S/C14H11ClFN3O/c15-13-7-17-11(6-18-13)8-19-12-3-2-10(16)5-9(12)1-4-14(19)20/h2-3,5-7H,1,4,8H2. The van der Waals surface area contributed by atoms with Gasteiger partial charge in [-0.1, -0.05) is 11.6 Å². The molecule has 0 atom stereocenters. The number of anilines is 1. The van der Waals surface area contributed by atoms with Crippen LogP contribution in [0.2, 0.25) is 5.15 Å². The van der Waals surface area contributed by atoms with Gasteiger partial charge in [0.25, 0.3) is 0 Å². The molecular weight excluding hydrogens is 281 g/mol. The second-order valence-corrected chi connectivity index (χ2v) is 4.97. The number of benzene rings is 1. The molecule has 0 aliphatic carbocycles. The van der Waals surface area contributed by atoms with Crippen LogP contribution in [0, 0.1) is 5.82 Å². The molecule has 1 aromatic carbocycles. The number of carbonyl (C=O) groups excluding carboxylic acids is 1. The van der Waals surface area contributed by atoms with Crippen molar-refractivity contribution >= 4 is 23.2 Å². The Balaban J connectivity index is 1.93. The molecule has 3 rings (SSSR count). The average molecular weight is 292 g/mol. The Morgan fingerprint density at radius 1 is 1.25 bits per heavy atom. The summed E-state index contributed by atoms with van der Waals surface area (Å²) in [5.41, 5.74) is 2.21. The maximum atomic E-state index is 13.2. The molecule has 4 nitrogen and oxygen atoms in total. The van der Waals surface area contributed by atoms with Crippen LogP contribution in [-0.2, 0) is 17.8 Å². The van der Waals surface area contributed by atoms with Crippen molar-refractivity contribution in [2.75, 3.05) is 4.90 Å². The fourth-order valence-electron chi connectivity index (χ4n) is 2.28. The van der Waals surface area contributed by atoms with E-state index in [-0.39, 0.29) is 11.7 Å². The van der Waals surface area contributed by atoms with E-state index in [1.54, 1.807) is 11.0 Å². The van der Waals surface area contributed by atoms with Crippen molar-refractivity contribution in [2.45, 2.75) is 19.4 Å². The van der Waals surface area contributed by atoms with Crippen molar-refractivity contribution in [3.8, 4) is 0 Å². The molecule has 1 aliphatic rings. The third kappa shape index (κ3) is 2.49. The second kappa shape index (κ2) is 5.17. The van der Waals surface area contributed by atoms with E-state index in [0.29, 0.717) is 30.2 Å². The van der Waals surface area contributed by atoms with Gasteiger partial charge in [-0.2, -0.15) is 0 Å². The van der Waals surface area contributed by atoms with Gasteiger partial charge in [0.1, 0.15) is 11.0 Å². The Labute approximate surface area is 120 Å². The zero-order chi connectivity index (χ0) is 14.1. The molecule has 1 amide bonds. The molecule has 1 aliphatic heterocycles. The Hall–Kier alpha value is -2.01. The topological polar surface area (TPSA) is 46.1 Å². The number of fused-ring (bicyclic) bond motifs is 1. The van der Waals surface area contributed by atoms with Crippen molar-refractivity contribution in [1.82, 2.24) is 9.97 Å². The summed E-state index contributed by atoms with van der Waals surface area (Å²) in [6.45, 7) is 0.307. The number of rotatable bonds is 2. The quantitative estimate of drug-likeness (QED) is 0.855. The van der Waals surface area contributed by atoms with Gasteiger partial charge < -0.3 is 4.90 Å². The van der Waals surface area contributed by atoms with Crippen LogP contribution in [0.15, 0.2) is 30.6 Å². The van der Waals surface area contributed by atoms with Crippen LogP contribution in [0.1, 0.15) is 17.7 Å². The number of aryl methyl sites for hydroxylation is 1. The van der Waals surface area contributed by atoms with Gasteiger partial charge in [0.2, 0.25) is 5.91 Å². The molecule has 2 aromatic rings. The SMILES string of the molecule is O=C1CCc2cc(F)ccc2N1Cc1cnc(Cl)cn1. The van der Waals surface area contributed by atoms with Crippen molar-refractivity contribution in [3.05, 3.63) is 52.8 Å². The molecule has 0 unspecified atom stereocenters. The van der Waals surface area contributed by atoms with Gasteiger partial charge in [-0.3, -0.25) is 9.78 Å². The highest BCUT2D eigenvalue weighted by molar-refractivity contribution is 6.29. The van der Waals surface area contributed by atoms with Gasteiger partial charge >= 0.3 is 0 Å². The predicted octanol–water partition coefficient (Wildman–Crippen LogP) is 2.75. The van der Waals surface area contributed by atoms with Crippen molar-refractivity contribution in [1.29, 1.82) is 0 Å². The lowest BCUT2D eigenvalue weighted by Gasteiger charge is -2.29.